The molecule has 0 bridgehead atoms. The number of nitrogens with one attached hydrogen (secondary N) is 2. The molecule has 0 aliphatic carbocycles. The smallest absolute Gasteiger partial charge is 0.314 e. The van der Waals surface area contributed by atoms with Gasteiger partial charge in [0, 0.05) is 31.4 Å². The minimum absolute atomic E-state index is 0.140. The van der Waals surface area contributed by atoms with Crippen molar-refractivity contribution in [2.45, 2.75) is 19.8 Å². The Balaban J connectivity index is 2.19. The Morgan fingerprint density at radius 2 is 2.16 bits per heavy atom. The fourth-order valence-electron chi connectivity index (χ4n) is 1.53. The Morgan fingerprint density at radius 1 is 1.37 bits per heavy atom. The molecule has 0 spiro atoms. The molecule has 1 aromatic rings. The van der Waals surface area contributed by atoms with Gasteiger partial charge in [-0.1, -0.05) is 13.0 Å². The number of nitrogens with zero attached hydrogens (tertiary/aromatic N) is 1. The van der Waals surface area contributed by atoms with Crippen molar-refractivity contribution < 1.29 is 14.7 Å². The number of hydrogen-bond acceptors (Lipinski definition) is 3. The zero-order valence-electron chi connectivity index (χ0n) is 10.9. The molecule has 3 N–H and O–H groups in total. The van der Waals surface area contributed by atoms with E-state index < -0.39 is 11.9 Å². The van der Waals surface area contributed by atoms with Crippen LogP contribution in [0.2, 0.25) is 0 Å². The summed E-state index contributed by atoms with van der Waals surface area (Å²) in [5.74, 6) is -1.43. The minimum Gasteiger partial charge on any atom is -0.481 e. The molecule has 19 heavy (non-hydrogen) atoms. The number of rotatable bonds is 7. The van der Waals surface area contributed by atoms with Crippen molar-refractivity contribution in [1.29, 1.82) is 0 Å². The first-order valence-electron chi connectivity index (χ1n) is 6.28. The molecule has 0 fully saturated rings. The third-order valence-electron chi connectivity index (χ3n) is 2.74. The average molecular weight is 265 g/mol. The molecule has 0 aliphatic heterocycles. The number of carboxylic acids is 1. The first-order valence-corrected chi connectivity index (χ1v) is 6.28. The molecule has 0 aliphatic rings. The molecule has 6 nitrogen and oxygen atoms in total. The van der Waals surface area contributed by atoms with Crippen LogP contribution in [0.15, 0.2) is 24.4 Å². The monoisotopic (exact) mass is 265 g/mol. The molecule has 1 atom stereocenters. The summed E-state index contributed by atoms with van der Waals surface area (Å²) >= 11 is 0. The molecule has 1 rings (SSSR count). The summed E-state index contributed by atoms with van der Waals surface area (Å²) in [6.45, 7) is 2.38. The van der Waals surface area contributed by atoms with Crippen molar-refractivity contribution in [3.63, 3.8) is 0 Å². The maximum Gasteiger partial charge on any atom is 0.314 e. The largest absolute Gasteiger partial charge is 0.481 e. The lowest BCUT2D eigenvalue weighted by molar-refractivity contribution is -0.141. The second-order valence-electron chi connectivity index (χ2n) is 4.15. The first-order chi connectivity index (χ1) is 9.13. The summed E-state index contributed by atoms with van der Waals surface area (Å²) < 4.78 is 0. The zero-order chi connectivity index (χ0) is 14.1. The second kappa shape index (κ2) is 8.07. The third kappa shape index (κ3) is 5.85. The highest BCUT2D eigenvalue weighted by Crippen LogP contribution is 2.00. The van der Waals surface area contributed by atoms with Crippen LogP contribution < -0.4 is 10.6 Å². The standard InChI is InChI=1S/C13H19N3O3/c1-2-10(12(17)18)9-16-13(19)15-8-6-11-5-3-4-7-14-11/h3-5,7,10H,2,6,8-9H2,1H3,(H,17,18)(H2,15,16,19). The molecular weight excluding hydrogens is 246 g/mol. The van der Waals surface area contributed by atoms with Gasteiger partial charge in [-0.3, -0.25) is 9.78 Å². The number of hydrogen-bond donors (Lipinski definition) is 3. The van der Waals surface area contributed by atoms with E-state index in [1.54, 1.807) is 13.1 Å². The molecular formula is C13H19N3O3. The molecule has 1 aromatic heterocycles. The molecule has 0 radical (unpaired) electrons. The topological polar surface area (TPSA) is 91.3 Å². The second-order valence-corrected chi connectivity index (χ2v) is 4.15. The Hall–Kier alpha value is -2.11. The van der Waals surface area contributed by atoms with Gasteiger partial charge in [-0.15, -0.1) is 0 Å². The highest BCUT2D eigenvalue weighted by Gasteiger charge is 2.15. The quantitative estimate of drug-likeness (QED) is 0.686. The highest BCUT2D eigenvalue weighted by molar-refractivity contribution is 5.75. The predicted molar refractivity (Wildman–Crippen MR) is 70.8 cm³/mol. The maximum absolute atomic E-state index is 11.4. The maximum atomic E-state index is 11.4. The van der Waals surface area contributed by atoms with Gasteiger partial charge < -0.3 is 15.7 Å². The molecule has 2 amide bonds. The number of carbonyl (C=O) groups is 2. The summed E-state index contributed by atoms with van der Waals surface area (Å²) in [7, 11) is 0. The molecule has 0 saturated heterocycles. The number of pyridine rings is 1. The van der Waals surface area contributed by atoms with E-state index in [-0.39, 0.29) is 12.6 Å². The van der Waals surface area contributed by atoms with E-state index in [9.17, 15) is 9.59 Å². The SMILES string of the molecule is CCC(CNC(=O)NCCc1ccccn1)C(=O)O. The van der Waals surface area contributed by atoms with Crippen molar-refractivity contribution in [2.75, 3.05) is 13.1 Å². The van der Waals surface area contributed by atoms with Gasteiger partial charge in [0.15, 0.2) is 0 Å². The molecule has 0 saturated carbocycles. The molecule has 6 heteroatoms. The Kier molecular flexibility index (Phi) is 6.35. The lowest BCUT2D eigenvalue weighted by Crippen LogP contribution is -2.40. The fourth-order valence-corrected chi connectivity index (χ4v) is 1.53. The minimum atomic E-state index is -0.892. The summed E-state index contributed by atoms with van der Waals surface area (Å²) in [6, 6.07) is 5.26. The van der Waals surface area contributed by atoms with E-state index in [2.05, 4.69) is 15.6 Å². The van der Waals surface area contributed by atoms with Gasteiger partial charge >= 0.3 is 12.0 Å². The summed E-state index contributed by atoms with van der Waals surface area (Å²) in [4.78, 5) is 26.3. The zero-order valence-corrected chi connectivity index (χ0v) is 10.9. The van der Waals surface area contributed by atoms with Gasteiger partial charge in [-0.25, -0.2) is 4.79 Å². The van der Waals surface area contributed by atoms with Crippen LogP contribution in [-0.4, -0.2) is 35.2 Å². The van der Waals surface area contributed by atoms with E-state index in [0.717, 1.165) is 5.69 Å². The predicted octanol–water partition coefficient (Wildman–Crippen LogP) is 1.03. The van der Waals surface area contributed by atoms with Crippen LogP contribution in [0.4, 0.5) is 4.79 Å². The molecule has 0 aromatic carbocycles. The van der Waals surface area contributed by atoms with Gasteiger partial charge in [0.2, 0.25) is 0 Å². The lowest BCUT2D eigenvalue weighted by Gasteiger charge is -2.11. The fraction of sp³-hybridized carbons (Fsp3) is 0.462. The number of aliphatic carboxylic acids is 1. The summed E-state index contributed by atoms with van der Waals surface area (Å²) in [5, 5.41) is 14.0. The van der Waals surface area contributed by atoms with Crippen molar-refractivity contribution >= 4 is 12.0 Å². The third-order valence-corrected chi connectivity index (χ3v) is 2.74. The van der Waals surface area contributed by atoms with Crippen LogP contribution in [-0.2, 0) is 11.2 Å². The van der Waals surface area contributed by atoms with Crippen molar-refractivity contribution in [1.82, 2.24) is 15.6 Å². The molecule has 104 valence electrons. The number of aromatic nitrogens is 1. The van der Waals surface area contributed by atoms with E-state index >= 15 is 0 Å². The Morgan fingerprint density at radius 3 is 2.74 bits per heavy atom. The van der Waals surface area contributed by atoms with Gasteiger partial charge in [0.25, 0.3) is 0 Å². The van der Waals surface area contributed by atoms with Crippen molar-refractivity contribution in [2.24, 2.45) is 5.92 Å². The highest BCUT2D eigenvalue weighted by atomic mass is 16.4. The van der Waals surface area contributed by atoms with E-state index in [4.69, 9.17) is 5.11 Å². The van der Waals surface area contributed by atoms with Crippen LogP contribution in [0.5, 0.6) is 0 Å². The van der Waals surface area contributed by atoms with Gasteiger partial charge in [-0.2, -0.15) is 0 Å². The average Bonchev–Trinajstić information content (AvgIpc) is 2.40. The van der Waals surface area contributed by atoms with Crippen LogP contribution >= 0.6 is 0 Å². The van der Waals surface area contributed by atoms with E-state index in [0.29, 0.717) is 19.4 Å². The van der Waals surface area contributed by atoms with Crippen LogP contribution in [0.3, 0.4) is 0 Å². The lowest BCUT2D eigenvalue weighted by atomic mass is 10.1. The van der Waals surface area contributed by atoms with Crippen molar-refractivity contribution in [3.05, 3.63) is 30.1 Å². The van der Waals surface area contributed by atoms with Gasteiger partial charge in [0.05, 0.1) is 5.92 Å². The normalized spacial score (nSPS) is 11.6. The number of carboxylic acid groups (broad SMARTS) is 1. The van der Waals surface area contributed by atoms with Crippen LogP contribution in [0.1, 0.15) is 19.0 Å². The molecule has 1 heterocycles. The Labute approximate surface area is 112 Å². The first kappa shape index (κ1) is 14.9. The van der Waals surface area contributed by atoms with Gasteiger partial charge in [-0.05, 0) is 18.6 Å². The number of amides is 2. The number of urea groups is 1. The molecule has 1 unspecified atom stereocenters. The van der Waals surface area contributed by atoms with Crippen molar-refractivity contribution in [3.8, 4) is 0 Å². The van der Waals surface area contributed by atoms with E-state index in [1.165, 1.54) is 0 Å². The number of carbonyl (C=O) groups excluding carboxylic acids is 1. The van der Waals surface area contributed by atoms with Crippen LogP contribution in [0.25, 0.3) is 0 Å². The van der Waals surface area contributed by atoms with E-state index in [1.807, 2.05) is 18.2 Å². The Bertz CT molecular complexity index is 409. The van der Waals surface area contributed by atoms with Gasteiger partial charge in [0.1, 0.15) is 0 Å². The summed E-state index contributed by atoms with van der Waals surface area (Å²) in [5.41, 5.74) is 0.903. The summed E-state index contributed by atoms with van der Waals surface area (Å²) in [6.07, 6.45) is 2.84. The van der Waals surface area contributed by atoms with Crippen LogP contribution in [0, 0.1) is 5.92 Å².